The van der Waals surface area contributed by atoms with Crippen LogP contribution in [0.25, 0.3) is 0 Å². The molecule has 1 saturated heterocycles. The van der Waals surface area contributed by atoms with E-state index in [4.69, 9.17) is 14.6 Å². The lowest BCUT2D eigenvalue weighted by atomic mass is 9.95. The third-order valence-electron chi connectivity index (χ3n) is 4.26. The molecule has 2 N–H and O–H groups in total. The van der Waals surface area contributed by atoms with Crippen molar-refractivity contribution in [2.45, 2.75) is 44.6 Å². The second kappa shape index (κ2) is 8.34. The van der Waals surface area contributed by atoms with Gasteiger partial charge in [-0.15, -0.1) is 0 Å². The first kappa shape index (κ1) is 16.2. The molecule has 1 saturated carbocycles. The smallest absolute Gasteiger partial charge is 0.307 e. The molecule has 21 heavy (non-hydrogen) atoms. The van der Waals surface area contributed by atoms with Crippen LogP contribution < -0.4 is 5.32 Å². The Balaban J connectivity index is 1.53. The van der Waals surface area contributed by atoms with Gasteiger partial charge in [0.05, 0.1) is 24.5 Å². The Bertz CT molecular complexity index is 354. The maximum atomic E-state index is 12.0. The van der Waals surface area contributed by atoms with Crippen molar-refractivity contribution in [3.05, 3.63) is 0 Å². The van der Waals surface area contributed by atoms with Crippen molar-refractivity contribution in [1.29, 1.82) is 0 Å². The molecule has 1 aliphatic carbocycles. The van der Waals surface area contributed by atoms with Gasteiger partial charge in [-0.3, -0.25) is 9.59 Å². The van der Waals surface area contributed by atoms with Crippen LogP contribution in [0.15, 0.2) is 0 Å². The zero-order valence-electron chi connectivity index (χ0n) is 12.4. The number of hydrogen-bond acceptors (Lipinski definition) is 4. The Morgan fingerprint density at radius 1 is 1.19 bits per heavy atom. The molecule has 0 aromatic heterocycles. The SMILES string of the molecule is O=C(O)[C@H]1CCC[C@H]1C(=O)NCCCOCC1CCCO1. The van der Waals surface area contributed by atoms with Crippen molar-refractivity contribution in [2.24, 2.45) is 11.8 Å². The number of hydrogen-bond donors (Lipinski definition) is 2. The first-order valence-corrected chi connectivity index (χ1v) is 7.88. The van der Waals surface area contributed by atoms with Gasteiger partial charge in [0, 0.05) is 19.8 Å². The first-order chi connectivity index (χ1) is 10.2. The van der Waals surface area contributed by atoms with Crippen LogP contribution in [-0.4, -0.2) is 49.5 Å². The van der Waals surface area contributed by atoms with Crippen LogP contribution in [0.4, 0.5) is 0 Å². The van der Waals surface area contributed by atoms with E-state index in [1.807, 2.05) is 0 Å². The number of carbonyl (C=O) groups excluding carboxylic acids is 1. The van der Waals surface area contributed by atoms with E-state index < -0.39 is 11.9 Å². The van der Waals surface area contributed by atoms with Gasteiger partial charge < -0.3 is 19.9 Å². The van der Waals surface area contributed by atoms with Crippen molar-refractivity contribution in [3.63, 3.8) is 0 Å². The quantitative estimate of drug-likeness (QED) is 0.658. The van der Waals surface area contributed by atoms with Crippen LogP contribution in [-0.2, 0) is 19.1 Å². The predicted octanol–water partition coefficient (Wildman–Crippen LogP) is 1.19. The molecule has 1 aliphatic heterocycles. The van der Waals surface area contributed by atoms with Crippen molar-refractivity contribution in [3.8, 4) is 0 Å². The van der Waals surface area contributed by atoms with Crippen LogP contribution in [0.1, 0.15) is 38.5 Å². The zero-order valence-corrected chi connectivity index (χ0v) is 12.4. The van der Waals surface area contributed by atoms with Crippen molar-refractivity contribution in [1.82, 2.24) is 5.32 Å². The largest absolute Gasteiger partial charge is 0.481 e. The molecule has 0 aromatic carbocycles. The topological polar surface area (TPSA) is 84.9 Å². The van der Waals surface area contributed by atoms with Gasteiger partial charge in [-0.25, -0.2) is 0 Å². The van der Waals surface area contributed by atoms with E-state index in [0.717, 1.165) is 32.3 Å². The van der Waals surface area contributed by atoms with Gasteiger partial charge in [-0.1, -0.05) is 6.42 Å². The number of rotatable bonds is 8. The molecule has 2 aliphatic rings. The van der Waals surface area contributed by atoms with E-state index in [9.17, 15) is 9.59 Å². The molecule has 1 unspecified atom stereocenters. The Labute approximate surface area is 125 Å². The molecular formula is C15H25NO5. The fourth-order valence-corrected chi connectivity index (χ4v) is 3.08. The van der Waals surface area contributed by atoms with Crippen LogP contribution in [0, 0.1) is 11.8 Å². The highest BCUT2D eigenvalue weighted by atomic mass is 16.5. The number of nitrogens with one attached hydrogen (secondary N) is 1. The summed E-state index contributed by atoms with van der Waals surface area (Å²) in [5.74, 6) is -1.86. The summed E-state index contributed by atoms with van der Waals surface area (Å²) < 4.78 is 11.0. The third kappa shape index (κ3) is 4.97. The Morgan fingerprint density at radius 2 is 2.00 bits per heavy atom. The average molecular weight is 299 g/mol. The Hall–Kier alpha value is -1.14. The maximum Gasteiger partial charge on any atom is 0.307 e. The van der Waals surface area contributed by atoms with Gasteiger partial charge in [-0.2, -0.15) is 0 Å². The lowest BCUT2D eigenvalue weighted by molar-refractivity contribution is -0.146. The van der Waals surface area contributed by atoms with E-state index >= 15 is 0 Å². The molecule has 3 atom stereocenters. The summed E-state index contributed by atoms with van der Waals surface area (Å²) in [7, 11) is 0. The van der Waals surface area contributed by atoms with Crippen molar-refractivity contribution >= 4 is 11.9 Å². The maximum absolute atomic E-state index is 12.0. The number of carboxylic acid groups (broad SMARTS) is 1. The number of aliphatic carboxylic acids is 1. The number of carboxylic acids is 1. The molecule has 1 amide bonds. The van der Waals surface area contributed by atoms with E-state index in [0.29, 0.717) is 32.6 Å². The molecule has 6 heteroatoms. The normalized spacial score (nSPS) is 28.7. The predicted molar refractivity (Wildman–Crippen MR) is 75.9 cm³/mol. The number of ether oxygens (including phenoxy) is 2. The van der Waals surface area contributed by atoms with Crippen LogP contribution in [0.2, 0.25) is 0 Å². The molecular weight excluding hydrogens is 274 g/mol. The lowest BCUT2D eigenvalue weighted by Crippen LogP contribution is -2.36. The number of amides is 1. The van der Waals surface area contributed by atoms with E-state index in [1.165, 1.54) is 0 Å². The monoisotopic (exact) mass is 299 g/mol. The lowest BCUT2D eigenvalue weighted by Gasteiger charge is -2.15. The van der Waals surface area contributed by atoms with Crippen molar-refractivity contribution in [2.75, 3.05) is 26.4 Å². The van der Waals surface area contributed by atoms with Gasteiger partial charge in [0.1, 0.15) is 0 Å². The highest BCUT2D eigenvalue weighted by Crippen LogP contribution is 2.31. The molecule has 2 rings (SSSR count). The Morgan fingerprint density at radius 3 is 2.71 bits per heavy atom. The van der Waals surface area contributed by atoms with E-state index in [-0.39, 0.29) is 17.9 Å². The minimum Gasteiger partial charge on any atom is -0.481 e. The first-order valence-electron chi connectivity index (χ1n) is 7.88. The summed E-state index contributed by atoms with van der Waals surface area (Å²) in [5.41, 5.74) is 0. The zero-order chi connectivity index (χ0) is 15.1. The van der Waals surface area contributed by atoms with E-state index in [1.54, 1.807) is 0 Å². The van der Waals surface area contributed by atoms with Crippen LogP contribution in [0.3, 0.4) is 0 Å². The molecule has 1 heterocycles. The van der Waals surface area contributed by atoms with Crippen molar-refractivity contribution < 1.29 is 24.2 Å². The molecule has 2 fully saturated rings. The van der Waals surface area contributed by atoms with Gasteiger partial charge >= 0.3 is 5.97 Å². The summed E-state index contributed by atoms with van der Waals surface area (Å²) in [4.78, 5) is 23.0. The summed E-state index contributed by atoms with van der Waals surface area (Å²) >= 11 is 0. The summed E-state index contributed by atoms with van der Waals surface area (Å²) in [5, 5.41) is 11.9. The summed E-state index contributed by atoms with van der Waals surface area (Å²) in [6.45, 7) is 2.58. The van der Waals surface area contributed by atoms with Crippen LogP contribution in [0.5, 0.6) is 0 Å². The van der Waals surface area contributed by atoms with Gasteiger partial charge in [0.15, 0.2) is 0 Å². The molecule has 0 bridgehead atoms. The fraction of sp³-hybridized carbons (Fsp3) is 0.867. The molecule has 0 radical (unpaired) electrons. The summed E-state index contributed by atoms with van der Waals surface area (Å²) in [6, 6.07) is 0. The second-order valence-corrected chi connectivity index (χ2v) is 5.84. The molecule has 0 aromatic rings. The minimum absolute atomic E-state index is 0.126. The highest BCUT2D eigenvalue weighted by molar-refractivity contribution is 5.85. The molecule has 6 nitrogen and oxygen atoms in total. The molecule has 120 valence electrons. The third-order valence-corrected chi connectivity index (χ3v) is 4.26. The minimum atomic E-state index is -0.854. The Kier molecular flexibility index (Phi) is 6.45. The second-order valence-electron chi connectivity index (χ2n) is 5.84. The standard InChI is InChI=1S/C15H25NO5/c17-14(12-5-1-6-13(12)15(18)19)16-7-3-8-20-10-11-4-2-9-21-11/h11-13H,1-10H2,(H,16,17)(H,18,19)/t11?,12-,13+/m1/s1. The summed E-state index contributed by atoms with van der Waals surface area (Å²) in [6.07, 6.45) is 5.25. The van der Waals surface area contributed by atoms with Gasteiger partial charge in [0.2, 0.25) is 5.91 Å². The highest BCUT2D eigenvalue weighted by Gasteiger charge is 2.37. The van der Waals surface area contributed by atoms with Gasteiger partial charge in [0.25, 0.3) is 0 Å². The van der Waals surface area contributed by atoms with E-state index in [2.05, 4.69) is 5.32 Å². The molecule has 0 spiro atoms. The number of carbonyl (C=O) groups is 2. The fourth-order valence-electron chi connectivity index (χ4n) is 3.08. The van der Waals surface area contributed by atoms with Gasteiger partial charge in [-0.05, 0) is 32.1 Å². The average Bonchev–Trinajstić information content (AvgIpc) is 3.12. The van der Waals surface area contributed by atoms with Crippen LogP contribution >= 0.6 is 0 Å².